The van der Waals surface area contributed by atoms with E-state index in [-0.39, 0.29) is 5.91 Å². The molecular weight excluding hydrogens is 340 g/mol. The van der Waals surface area contributed by atoms with E-state index in [0.717, 1.165) is 21.3 Å². The minimum atomic E-state index is -0.223. The Bertz CT molecular complexity index is 663. The zero-order valence-electron chi connectivity index (χ0n) is 11.1. The summed E-state index contributed by atoms with van der Waals surface area (Å²) in [6.45, 7) is 3.95. The van der Waals surface area contributed by atoms with E-state index in [1.165, 1.54) is 0 Å². The van der Waals surface area contributed by atoms with E-state index in [2.05, 4.69) is 21.2 Å². The molecule has 0 spiro atoms. The molecule has 0 aromatic heterocycles. The molecule has 1 amide bonds. The van der Waals surface area contributed by atoms with Crippen LogP contribution in [-0.2, 0) is 0 Å². The summed E-state index contributed by atoms with van der Waals surface area (Å²) in [7, 11) is 0. The number of amides is 1. The molecule has 2 rings (SSSR count). The number of nitrogens with one attached hydrogen (secondary N) is 1. The van der Waals surface area contributed by atoms with Gasteiger partial charge in [0, 0.05) is 10.0 Å². The summed E-state index contributed by atoms with van der Waals surface area (Å²) in [5.41, 5.74) is 9.44. The van der Waals surface area contributed by atoms with E-state index in [1.54, 1.807) is 18.2 Å². The first kappa shape index (κ1) is 14.9. The fraction of sp³-hybridized carbons (Fsp3) is 0.133. The second-order valence-electron chi connectivity index (χ2n) is 4.63. The minimum Gasteiger partial charge on any atom is -0.398 e. The average molecular weight is 354 g/mol. The van der Waals surface area contributed by atoms with Gasteiger partial charge in [-0.15, -0.1) is 0 Å². The summed E-state index contributed by atoms with van der Waals surface area (Å²) < 4.78 is 0.852. The minimum absolute atomic E-state index is 0.223. The summed E-state index contributed by atoms with van der Waals surface area (Å²) in [5.74, 6) is -0.223. The maximum Gasteiger partial charge on any atom is 0.255 e. The Balaban J connectivity index is 2.30. The zero-order chi connectivity index (χ0) is 14.9. The van der Waals surface area contributed by atoms with Gasteiger partial charge in [0.2, 0.25) is 0 Å². The molecule has 0 fully saturated rings. The molecule has 0 unspecified atom stereocenters. The Kier molecular flexibility index (Phi) is 4.35. The van der Waals surface area contributed by atoms with E-state index in [9.17, 15) is 4.79 Å². The topological polar surface area (TPSA) is 55.1 Å². The highest BCUT2D eigenvalue weighted by molar-refractivity contribution is 9.10. The molecule has 3 nitrogen and oxygen atoms in total. The van der Waals surface area contributed by atoms with Gasteiger partial charge in [-0.3, -0.25) is 4.79 Å². The summed E-state index contributed by atoms with van der Waals surface area (Å²) in [6, 6.07) is 8.79. The SMILES string of the molecule is Cc1cc(C)c(NC(=O)c2ccc(N)c(Cl)c2)c(Br)c1. The van der Waals surface area contributed by atoms with Crippen molar-refractivity contribution >= 4 is 44.8 Å². The smallest absolute Gasteiger partial charge is 0.255 e. The Morgan fingerprint density at radius 3 is 2.55 bits per heavy atom. The summed E-state index contributed by atoms with van der Waals surface area (Å²) in [4.78, 5) is 12.2. The third-order valence-electron chi connectivity index (χ3n) is 2.93. The molecule has 3 N–H and O–H groups in total. The number of rotatable bonds is 2. The normalized spacial score (nSPS) is 10.4. The number of aryl methyl sites for hydroxylation is 2. The van der Waals surface area contributed by atoms with Crippen molar-refractivity contribution in [2.45, 2.75) is 13.8 Å². The molecule has 0 saturated heterocycles. The standard InChI is InChI=1S/C15H14BrClN2O/c1-8-5-9(2)14(11(16)6-8)19-15(20)10-3-4-13(18)12(17)7-10/h3-7H,18H2,1-2H3,(H,19,20). The van der Waals surface area contributed by atoms with Crippen molar-refractivity contribution in [1.29, 1.82) is 0 Å². The Labute approximate surface area is 131 Å². The van der Waals surface area contributed by atoms with E-state index >= 15 is 0 Å². The molecule has 0 atom stereocenters. The highest BCUT2D eigenvalue weighted by Crippen LogP contribution is 2.28. The molecule has 2 aromatic rings. The van der Waals surface area contributed by atoms with Crippen molar-refractivity contribution in [3.05, 3.63) is 56.5 Å². The van der Waals surface area contributed by atoms with Crippen LogP contribution in [-0.4, -0.2) is 5.91 Å². The van der Waals surface area contributed by atoms with Crippen LogP contribution in [0.2, 0.25) is 5.02 Å². The van der Waals surface area contributed by atoms with Crippen LogP contribution in [0, 0.1) is 13.8 Å². The van der Waals surface area contributed by atoms with Gasteiger partial charge in [0.15, 0.2) is 0 Å². The zero-order valence-corrected chi connectivity index (χ0v) is 13.5. The predicted molar refractivity (Wildman–Crippen MR) is 87.4 cm³/mol. The third-order valence-corrected chi connectivity index (χ3v) is 3.89. The predicted octanol–water partition coefficient (Wildman–Crippen LogP) is 4.55. The van der Waals surface area contributed by atoms with E-state index in [4.69, 9.17) is 17.3 Å². The van der Waals surface area contributed by atoms with Crippen molar-refractivity contribution in [3.63, 3.8) is 0 Å². The number of carbonyl (C=O) groups is 1. The summed E-state index contributed by atoms with van der Waals surface area (Å²) >= 11 is 9.39. The van der Waals surface area contributed by atoms with Gasteiger partial charge in [-0.25, -0.2) is 0 Å². The number of hydrogen-bond acceptors (Lipinski definition) is 2. The van der Waals surface area contributed by atoms with Crippen molar-refractivity contribution in [2.24, 2.45) is 0 Å². The number of anilines is 2. The lowest BCUT2D eigenvalue weighted by molar-refractivity contribution is 0.102. The van der Waals surface area contributed by atoms with Crippen LogP contribution in [0.15, 0.2) is 34.8 Å². The monoisotopic (exact) mass is 352 g/mol. The highest BCUT2D eigenvalue weighted by atomic mass is 79.9. The van der Waals surface area contributed by atoms with Gasteiger partial charge in [-0.2, -0.15) is 0 Å². The van der Waals surface area contributed by atoms with Gasteiger partial charge < -0.3 is 11.1 Å². The number of carbonyl (C=O) groups excluding carboxylic acids is 1. The van der Waals surface area contributed by atoms with Crippen molar-refractivity contribution in [3.8, 4) is 0 Å². The first-order valence-electron chi connectivity index (χ1n) is 6.01. The lowest BCUT2D eigenvalue weighted by Gasteiger charge is -2.12. The van der Waals surface area contributed by atoms with Crippen LogP contribution in [0.3, 0.4) is 0 Å². The fourth-order valence-electron chi connectivity index (χ4n) is 1.93. The number of hydrogen-bond donors (Lipinski definition) is 2. The highest BCUT2D eigenvalue weighted by Gasteiger charge is 2.12. The van der Waals surface area contributed by atoms with Crippen LogP contribution in [0.4, 0.5) is 11.4 Å². The Morgan fingerprint density at radius 2 is 1.95 bits per heavy atom. The maximum absolute atomic E-state index is 12.2. The van der Waals surface area contributed by atoms with E-state index < -0.39 is 0 Å². The molecule has 0 aliphatic heterocycles. The van der Waals surface area contributed by atoms with Crippen LogP contribution < -0.4 is 11.1 Å². The number of nitrogens with two attached hydrogens (primary N) is 1. The molecule has 5 heteroatoms. The molecule has 0 bridgehead atoms. The molecule has 0 heterocycles. The van der Waals surface area contributed by atoms with Crippen molar-refractivity contribution in [1.82, 2.24) is 0 Å². The van der Waals surface area contributed by atoms with Crippen LogP contribution >= 0.6 is 27.5 Å². The second kappa shape index (κ2) is 5.85. The summed E-state index contributed by atoms with van der Waals surface area (Å²) in [5, 5.41) is 3.26. The molecule has 0 aliphatic rings. The number of nitrogen functional groups attached to an aromatic ring is 1. The second-order valence-corrected chi connectivity index (χ2v) is 5.89. The number of halogens is 2. The molecular formula is C15H14BrClN2O. The van der Waals surface area contributed by atoms with Crippen LogP contribution in [0.5, 0.6) is 0 Å². The van der Waals surface area contributed by atoms with Gasteiger partial charge in [0.25, 0.3) is 5.91 Å². The van der Waals surface area contributed by atoms with Crippen molar-refractivity contribution < 1.29 is 4.79 Å². The molecule has 0 radical (unpaired) electrons. The van der Waals surface area contributed by atoms with Gasteiger partial charge in [0.1, 0.15) is 0 Å². The third kappa shape index (κ3) is 3.14. The largest absolute Gasteiger partial charge is 0.398 e. The van der Waals surface area contributed by atoms with Crippen molar-refractivity contribution in [2.75, 3.05) is 11.1 Å². The van der Waals surface area contributed by atoms with Gasteiger partial charge in [-0.05, 0) is 65.2 Å². The Hall–Kier alpha value is -1.52. The maximum atomic E-state index is 12.2. The number of benzene rings is 2. The van der Waals surface area contributed by atoms with Gasteiger partial charge in [-0.1, -0.05) is 17.7 Å². The van der Waals surface area contributed by atoms with E-state index in [1.807, 2.05) is 26.0 Å². The lowest BCUT2D eigenvalue weighted by Crippen LogP contribution is -2.13. The van der Waals surface area contributed by atoms with Gasteiger partial charge in [0.05, 0.1) is 16.4 Å². The molecule has 20 heavy (non-hydrogen) atoms. The molecule has 2 aromatic carbocycles. The summed E-state index contributed by atoms with van der Waals surface area (Å²) in [6.07, 6.45) is 0. The van der Waals surface area contributed by atoms with Gasteiger partial charge >= 0.3 is 0 Å². The van der Waals surface area contributed by atoms with Crippen LogP contribution in [0.1, 0.15) is 21.5 Å². The molecule has 0 saturated carbocycles. The van der Waals surface area contributed by atoms with E-state index in [0.29, 0.717) is 16.3 Å². The Morgan fingerprint density at radius 1 is 1.25 bits per heavy atom. The first-order chi connectivity index (χ1) is 9.38. The fourth-order valence-corrected chi connectivity index (χ4v) is 2.88. The van der Waals surface area contributed by atoms with Crippen LogP contribution in [0.25, 0.3) is 0 Å². The molecule has 104 valence electrons. The average Bonchev–Trinajstić information content (AvgIpc) is 2.36. The quantitative estimate of drug-likeness (QED) is 0.778. The lowest BCUT2D eigenvalue weighted by atomic mass is 10.1. The molecule has 0 aliphatic carbocycles. The first-order valence-corrected chi connectivity index (χ1v) is 7.18.